The van der Waals surface area contributed by atoms with Crippen LogP contribution in [0.5, 0.6) is 11.6 Å². The summed E-state index contributed by atoms with van der Waals surface area (Å²) >= 11 is 0. The zero-order valence-corrected chi connectivity index (χ0v) is 14.7. The first-order chi connectivity index (χ1) is 13.3. The number of carbonyl (C=O) groups is 1. The van der Waals surface area contributed by atoms with Gasteiger partial charge >= 0.3 is 0 Å². The second-order valence-corrected chi connectivity index (χ2v) is 6.16. The Morgan fingerprint density at radius 2 is 1.93 bits per heavy atom. The molecule has 0 saturated heterocycles. The topological polar surface area (TPSA) is 67.0 Å². The minimum Gasteiger partial charge on any atom is -0.439 e. The molecule has 4 rings (SSSR count). The van der Waals surface area contributed by atoms with Crippen molar-refractivity contribution in [3.63, 3.8) is 0 Å². The van der Waals surface area contributed by atoms with Crippen LogP contribution in [0, 0.1) is 0 Å². The number of aromatic nitrogens is 2. The lowest BCUT2D eigenvalue weighted by Crippen LogP contribution is -2.25. The number of nitrogens with zero attached hydrogens (tertiary/aromatic N) is 1. The molecule has 0 aliphatic heterocycles. The number of hydrogen-bond donors (Lipinski definition) is 2. The molecule has 5 heteroatoms. The Morgan fingerprint density at radius 1 is 1.04 bits per heavy atom. The van der Waals surface area contributed by atoms with Crippen LogP contribution in [0.1, 0.15) is 15.9 Å². The molecule has 4 aromatic rings. The number of carbonyl (C=O) groups excluding carboxylic acids is 1. The number of fused-ring (bicyclic) bond motifs is 1. The Kier molecular flexibility index (Phi) is 4.83. The maximum Gasteiger partial charge on any atom is 0.251 e. The molecule has 134 valence electrons. The lowest BCUT2D eigenvalue weighted by Gasteiger charge is -2.08. The lowest BCUT2D eigenvalue weighted by atomic mass is 10.1. The van der Waals surface area contributed by atoms with Crippen LogP contribution in [0.4, 0.5) is 0 Å². The summed E-state index contributed by atoms with van der Waals surface area (Å²) in [6.07, 6.45) is 4.43. The largest absolute Gasteiger partial charge is 0.439 e. The van der Waals surface area contributed by atoms with Crippen LogP contribution < -0.4 is 10.1 Å². The van der Waals surface area contributed by atoms with Gasteiger partial charge in [0.1, 0.15) is 5.75 Å². The van der Waals surface area contributed by atoms with E-state index in [2.05, 4.69) is 21.4 Å². The van der Waals surface area contributed by atoms with Crippen LogP contribution in [0.2, 0.25) is 0 Å². The van der Waals surface area contributed by atoms with Crippen molar-refractivity contribution >= 4 is 16.8 Å². The highest BCUT2D eigenvalue weighted by Crippen LogP contribution is 2.20. The summed E-state index contributed by atoms with van der Waals surface area (Å²) in [4.78, 5) is 19.8. The maximum absolute atomic E-state index is 12.5. The molecule has 0 spiro atoms. The summed E-state index contributed by atoms with van der Waals surface area (Å²) in [5.74, 6) is 0.952. The third kappa shape index (κ3) is 3.98. The van der Waals surface area contributed by atoms with Crippen LogP contribution in [0.15, 0.2) is 79.1 Å². The number of benzene rings is 2. The minimum atomic E-state index is -0.124. The molecule has 1 amide bonds. The first-order valence-electron chi connectivity index (χ1n) is 8.82. The quantitative estimate of drug-likeness (QED) is 0.540. The summed E-state index contributed by atoms with van der Waals surface area (Å²) in [5.41, 5.74) is 2.86. The summed E-state index contributed by atoms with van der Waals surface area (Å²) < 4.78 is 5.69. The Hall–Kier alpha value is -3.60. The number of aromatic amines is 1. The Balaban J connectivity index is 1.37. The number of nitrogens with one attached hydrogen (secondary N) is 2. The van der Waals surface area contributed by atoms with Crippen molar-refractivity contribution in [2.45, 2.75) is 6.42 Å². The van der Waals surface area contributed by atoms with Crippen LogP contribution in [-0.2, 0) is 6.42 Å². The summed E-state index contributed by atoms with van der Waals surface area (Å²) in [6, 6.07) is 20.7. The molecule has 0 unspecified atom stereocenters. The van der Waals surface area contributed by atoms with Crippen LogP contribution in [0.3, 0.4) is 0 Å². The van der Waals surface area contributed by atoms with Gasteiger partial charge in [-0.2, -0.15) is 0 Å². The zero-order chi connectivity index (χ0) is 18.5. The molecule has 0 radical (unpaired) electrons. The Morgan fingerprint density at radius 3 is 2.81 bits per heavy atom. The first kappa shape index (κ1) is 16.8. The van der Waals surface area contributed by atoms with E-state index in [0.717, 1.165) is 11.9 Å². The lowest BCUT2D eigenvalue weighted by molar-refractivity contribution is 0.0954. The summed E-state index contributed by atoms with van der Waals surface area (Å²) in [5, 5.41) is 4.16. The second-order valence-electron chi connectivity index (χ2n) is 6.16. The van der Waals surface area contributed by atoms with E-state index in [4.69, 9.17) is 4.74 Å². The molecular weight excluding hydrogens is 338 g/mol. The predicted molar refractivity (Wildman–Crippen MR) is 105 cm³/mol. The number of para-hydroxylation sites is 1. The minimum absolute atomic E-state index is 0.124. The molecule has 27 heavy (non-hydrogen) atoms. The third-order valence-electron chi connectivity index (χ3n) is 4.31. The Labute approximate surface area is 157 Å². The van der Waals surface area contributed by atoms with Crippen molar-refractivity contribution < 1.29 is 9.53 Å². The van der Waals surface area contributed by atoms with Crippen molar-refractivity contribution in [2.75, 3.05) is 6.54 Å². The van der Waals surface area contributed by atoms with E-state index in [1.807, 2.05) is 36.5 Å². The van der Waals surface area contributed by atoms with Crippen LogP contribution in [-0.4, -0.2) is 22.4 Å². The van der Waals surface area contributed by atoms with Crippen molar-refractivity contribution in [1.29, 1.82) is 0 Å². The van der Waals surface area contributed by atoms with Gasteiger partial charge in [-0.05, 0) is 42.3 Å². The third-order valence-corrected chi connectivity index (χ3v) is 4.31. The van der Waals surface area contributed by atoms with Crippen molar-refractivity contribution in [3.05, 3.63) is 90.3 Å². The molecular formula is C22H19N3O2. The van der Waals surface area contributed by atoms with E-state index in [0.29, 0.717) is 23.7 Å². The highest BCUT2D eigenvalue weighted by atomic mass is 16.5. The molecule has 2 heterocycles. The number of amides is 1. The first-order valence-corrected chi connectivity index (χ1v) is 8.82. The second kappa shape index (κ2) is 7.74. The van der Waals surface area contributed by atoms with Gasteiger partial charge in [0.25, 0.3) is 5.91 Å². The van der Waals surface area contributed by atoms with Crippen molar-refractivity contribution in [2.24, 2.45) is 0 Å². The molecule has 2 N–H and O–H groups in total. The fraction of sp³-hybridized carbons (Fsp3) is 0.0909. The molecule has 0 fully saturated rings. The molecule has 0 aliphatic carbocycles. The zero-order valence-electron chi connectivity index (χ0n) is 14.7. The molecule has 2 aromatic carbocycles. The van der Waals surface area contributed by atoms with Gasteiger partial charge in [0.15, 0.2) is 0 Å². The fourth-order valence-corrected chi connectivity index (χ4v) is 2.98. The number of ether oxygens (including phenoxy) is 1. The molecule has 5 nitrogen and oxygen atoms in total. The maximum atomic E-state index is 12.5. The average Bonchev–Trinajstić information content (AvgIpc) is 3.12. The highest BCUT2D eigenvalue weighted by molar-refractivity contribution is 5.94. The smallest absolute Gasteiger partial charge is 0.251 e. The van der Waals surface area contributed by atoms with Gasteiger partial charge < -0.3 is 15.0 Å². The van der Waals surface area contributed by atoms with Gasteiger partial charge in [0.2, 0.25) is 5.88 Å². The number of pyridine rings is 1. The molecule has 0 bridgehead atoms. The van der Waals surface area contributed by atoms with Crippen LogP contribution in [0.25, 0.3) is 10.9 Å². The van der Waals surface area contributed by atoms with Gasteiger partial charge in [-0.15, -0.1) is 0 Å². The van der Waals surface area contributed by atoms with E-state index in [1.54, 1.807) is 36.5 Å². The van der Waals surface area contributed by atoms with E-state index in [9.17, 15) is 4.79 Å². The van der Waals surface area contributed by atoms with E-state index in [-0.39, 0.29) is 5.91 Å². The van der Waals surface area contributed by atoms with Gasteiger partial charge in [-0.25, -0.2) is 4.98 Å². The molecule has 0 atom stereocenters. The summed E-state index contributed by atoms with van der Waals surface area (Å²) in [6.45, 7) is 0.562. The Bertz CT molecular complexity index is 1060. The molecule has 2 aromatic heterocycles. The van der Waals surface area contributed by atoms with Gasteiger partial charge in [0.05, 0.1) is 0 Å². The monoisotopic (exact) mass is 357 g/mol. The van der Waals surface area contributed by atoms with E-state index < -0.39 is 0 Å². The van der Waals surface area contributed by atoms with E-state index in [1.165, 1.54) is 10.9 Å². The van der Waals surface area contributed by atoms with E-state index >= 15 is 0 Å². The normalized spacial score (nSPS) is 10.7. The average molecular weight is 357 g/mol. The standard InChI is InChI=1S/C22H19N3O2/c26-22(24-13-11-17-15-25-20-9-2-1-8-19(17)20)16-6-5-7-18(14-16)27-21-10-3-4-12-23-21/h1-10,12,14-15,25H,11,13H2,(H,24,26). The fourth-order valence-electron chi connectivity index (χ4n) is 2.98. The number of hydrogen-bond acceptors (Lipinski definition) is 3. The van der Waals surface area contributed by atoms with Crippen molar-refractivity contribution in [1.82, 2.24) is 15.3 Å². The highest BCUT2D eigenvalue weighted by Gasteiger charge is 2.08. The number of H-pyrrole nitrogens is 1. The van der Waals surface area contributed by atoms with Crippen molar-refractivity contribution in [3.8, 4) is 11.6 Å². The van der Waals surface area contributed by atoms with Crippen LogP contribution >= 0.6 is 0 Å². The summed E-state index contributed by atoms with van der Waals surface area (Å²) in [7, 11) is 0. The molecule has 0 aliphatic rings. The van der Waals surface area contributed by atoms with Gasteiger partial charge in [-0.3, -0.25) is 4.79 Å². The SMILES string of the molecule is O=C(NCCc1c[nH]c2ccccc12)c1cccc(Oc2ccccn2)c1. The molecule has 0 saturated carbocycles. The van der Waals surface area contributed by atoms with Gasteiger partial charge in [-0.1, -0.05) is 30.3 Å². The number of rotatable bonds is 6. The van der Waals surface area contributed by atoms with Gasteiger partial charge in [0, 0.05) is 41.5 Å². The predicted octanol–water partition coefficient (Wildman–Crippen LogP) is 4.33.